The molecule has 0 fully saturated rings. The molecule has 24 heavy (non-hydrogen) atoms. The van der Waals surface area contributed by atoms with Crippen LogP contribution in [0.1, 0.15) is 17.5 Å². The van der Waals surface area contributed by atoms with E-state index >= 15 is 0 Å². The zero-order chi connectivity index (χ0) is 18.1. The number of aliphatic hydroxyl groups excluding tert-OH is 7. The number of aromatic nitrogens is 2. The maximum absolute atomic E-state index is 9.61. The van der Waals surface area contributed by atoms with E-state index in [2.05, 4.69) is 9.97 Å². The van der Waals surface area contributed by atoms with E-state index in [1.807, 2.05) is 0 Å². The van der Waals surface area contributed by atoms with Gasteiger partial charge in [0.15, 0.2) is 0 Å². The van der Waals surface area contributed by atoms with Gasteiger partial charge < -0.3 is 40.5 Å². The molecule has 0 aliphatic rings. The lowest BCUT2D eigenvalue weighted by Gasteiger charge is -2.24. The van der Waals surface area contributed by atoms with E-state index in [1.165, 1.54) is 12.4 Å². The van der Waals surface area contributed by atoms with Gasteiger partial charge >= 0.3 is 0 Å². The smallest absolute Gasteiger partial charge is 0.125 e. The second kappa shape index (κ2) is 10.6. The maximum atomic E-state index is 9.61. The fourth-order valence-electron chi connectivity index (χ4n) is 1.90. The Morgan fingerprint density at radius 1 is 0.792 bits per heavy atom. The van der Waals surface area contributed by atoms with Crippen molar-refractivity contribution in [2.24, 2.45) is 0 Å². The highest BCUT2D eigenvalue weighted by Crippen LogP contribution is 2.18. The Morgan fingerprint density at radius 3 is 1.92 bits per heavy atom. The summed E-state index contributed by atoms with van der Waals surface area (Å²) in [6.45, 7) is -2.24. The van der Waals surface area contributed by atoms with Gasteiger partial charge in [0.1, 0.15) is 24.4 Å². The molecule has 1 heterocycles. The number of ether oxygens (including phenoxy) is 1. The fraction of sp³-hybridized carbons (Fsp3) is 0.714. The SMILES string of the molecule is OC[C@H](O[C@H](CO)[C@H](O)CO)c1cnc(C[C@H](O)[C@H](O)CO)cn1. The van der Waals surface area contributed by atoms with Gasteiger partial charge in [-0.15, -0.1) is 0 Å². The molecule has 10 heteroatoms. The molecule has 7 N–H and O–H groups in total. The van der Waals surface area contributed by atoms with Gasteiger partial charge in [0.05, 0.1) is 50.1 Å². The number of hydrogen-bond acceptors (Lipinski definition) is 10. The van der Waals surface area contributed by atoms with Crippen molar-refractivity contribution >= 4 is 0 Å². The van der Waals surface area contributed by atoms with Crippen LogP contribution in [0.5, 0.6) is 0 Å². The molecule has 0 radical (unpaired) electrons. The predicted molar refractivity (Wildman–Crippen MR) is 79.7 cm³/mol. The summed E-state index contributed by atoms with van der Waals surface area (Å²) >= 11 is 0. The second-order valence-corrected chi connectivity index (χ2v) is 5.23. The zero-order valence-corrected chi connectivity index (χ0v) is 13.0. The molecule has 5 atom stereocenters. The summed E-state index contributed by atoms with van der Waals surface area (Å²) in [4.78, 5) is 8.05. The molecule has 0 aliphatic heterocycles. The van der Waals surface area contributed by atoms with Crippen LogP contribution in [-0.4, -0.2) is 96.6 Å². The van der Waals surface area contributed by atoms with Gasteiger partial charge in [-0.05, 0) is 0 Å². The largest absolute Gasteiger partial charge is 0.394 e. The summed E-state index contributed by atoms with van der Waals surface area (Å²) in [5.74, 6) is 0. The van der Waals surface area contributed by atoms with Crippen LogP contribution in [-0.2, 0) is 11.2 Å². The van der Waals surface area contributed by atoms with Gasteiger partial charge in [-0.1, -0.05) is 0 Å². The van der Waals surface area contributed by atoms with Crippen molar-refractivity contribution in [3.63, 3.8) is 0 Å². The molecular formula is C14H24N2O8. The lowest BCUT2D eigenvalue weighted by atomic mass is 10.1. The Hall–Kier alpha value is -1.24. The fourth-order valence-corrected chi connectivity index (χ4v) is 1.90. The average Bonchev–Trinajstić information content (AvgIpc) is 2.62. The molecule has 0 spiro atoms. The third kappa shape index (κ3) is 6.00. The van der Waals surface area contributed by atoms with Crippen LogP contribution in [0, 0.1) is 0 Å². The average molecular weight is 348 g/mol. The summed E-state index contributed by atoms with van der Waals surface area (Å²) < 4.78 is 5.33. The van der Waals surface area contributed by atoms with E-state index in [-0.39, 0.29) is 12.1 Å². The molecule has 1 aromatic rings. The van der Waals surface area contributed by atoms with E-state index in [0.29, 0.717) is 5.69 Å². The summed E-state index contributed by atoms with van der Waals surface area (Å²) in [6, 6.07) is 0. The Bertz CT molecular complexity index is 461. The number of aliphatic hydroxyl groups is 7. The molecule has 10 nitrogen and oxygen atoms in total. The van der Waals surface area contributed by atoms with Gasteiger partial charge in [-0.2, -0.15) is 0 Å². The number of nitrogens with zero attached hydrogens (tertiary/aromatic N) is 2. The normalized spacial score (nSPS) is 18.0. The Kier molecular flexibility index (Phi) is 9.18. The minimum Gasteiger partial charge on any atom is -0.394 e. The zero-order valence-electron chi connectivity index (χ0n) is 13.0. The van der Waals surface area contributed by atoms with E-state index in [1.54, 1.807) is 0 Å². The van der Waals surface area contributed by atoms with Crippen LogP contribution in [0.25, 0.3) is 0 Å². The maximum Gasteiger partial charge on any atom is 0.125 e. The number of hydrogen-bond donors (Lipinski definition) is 7. The molecule has 0 saturated carbocycles. The predicted octanol–water partition coefficient (Wildman–Crippen LogP) is -3.50. The quantitative estimate of drug-likeness (QED) is 0.212. The second-order valence-electron chi connectivity index (χ2n) is 5.23. The van der Waals surface area contributed by atoms with Crippen LogP contribution in [0.3, 0.4) is 0 Å². The first-order valence-electron chi connectivity index (χ1n) is 7.40. The molecule has 0 unspecified atom stereocenters. The molecule has 1 aromatic heterocycles. The van der Waals surface area contributed by atoms with Crippen LogP contribution in [0.15, 0.2) is 12.4 Å². The lowest BCUT2D eigenvalue weighted by Crippen LogP contribution is -2.37. The van der Waals surface area contributed by atoms with Crippen LogP contribution in [0.4, 0.5) is 0 Å². The third-order valence-electron chi connectivity index (χ3n) is 3.41. The minimum absolute atomic E-state index is 0.0256. The first kappa shape index (κ1) is 20.8. The molecule has 0 saturated heterocycles. The Balaban J connectivity index is 2.74. The molecule has 138 valence electrons. The molecule has 0 bridgehead atoms. The molecule has 0 aliphatic carbocycles. The third-order valence-corrected chi connectivity index (χ3v) is 3.41. The molecular weight excluding hydrogens is 324 g/mol. The first-order valence-corrected chi connectivity index (χ1v) is 7.40. The van der Waals surface area contributed by atoms with Crippen molar-refractivity contribution in [1.82, 2.24) is 9.97 Å². The summed E-state index contributed by atoms with van der Waals surface area (Å²) in [7, 11) is 0. The highest BCUT2D eigenvalue weighted by Gasteiger charge is 2.25. The minimum atomic E-state index is -1.31. The van der Waals surface area contributed by atoms with Gasteiger partial charge in [0.25, 0.3) is 0 Å². The molecule has 1 rings (SSSR count). The van der Waals surface area contributed by atoms with E-state index in [0.717, 1.165) is 0 Å². The van der Waals surface area contributed by atoms with Gasteiger partial charge in [0, 0.05) is 12.6 Å². The van der Waals surface area contributed by atoms with Crippen LogP contribution < -0.4 is 0 Å². The Morgan fingerprint density at radius 2 is 1.46 bits per heavy atom. The number of rotatable bonds is 11. The highest BCUT2D eigenvalue weighted by atomic mass is 16.5. The van der Waals surface area contributed by atoms with Crippen molar-refractivity contribution in [3.05, 3.63) is 23.8 Å². The van der Waals surface area contributed by atoms with Crippen molar-refractivity contribution in [3.8, 4) is 0 Å². The molecule has 0 amide bonds. The molecule has 0 aromatic carbocycles. The lowest BCUT2D eigenvalue weighted by molar-refractivity contribution is -0.123. The highest BCUT2D eigenvalue weighted by molar-refractivity contribution is 5.07. The Labute approximate surface area is 138 Å². The van der Waals surface area contributed by atoms with Gasteiger partial charge in [-0.25, -0.2) is 0 Å². The monoisotopic (exact) mass is 348 g/mol. The topological polar surface area (TPSA) is 177 Å². The first-order chi connectivity index (χ1) is 11.5. The van der Waals surface area contributed by atoms with Crippen molar-refractivity contribution in [2.75, 3.05) is 26.4 Å². The summed E-state index contributed by atoms with van der Waals surface area (Å²) in [6.07, 6.45) is -3.30. The van der Waals surface area contributed by atoms with E-state index in [9.17, 15) is 20.4 Å². The summed E-state index contributed by atoms with van der Waals surface area (Å²) in [5.41, 5.74) is 0.576. The van der Waals surface area contributed by atoms with Gasteiger partial charge in [0.2, 0.25) is 0 Å². The van der Waals surface area contributed by atoms with Crippen LogP contribution in [0.2, 0.25) is 0 Å². The van der Waals surface area contributed by atoms with E-state index in [4.69, 9.17) is 20.1 Å². The van der Waals surface area contributed by atoms with Crippen molar-refractivity contribution < 1.29 is 40.5 Å². The van der Waals surface area contributed by atoms with Crippen LogP contribution >= 0.6 is 0 Å². The van der Waals surface area contributed by atoms with E-state index < -0.39 is 56.9 Å². The van der Waals surface area contributed by atoms with Crippen molar-refractivity contribution in [1.29, 1.82) is 0 Å². The standard InChI is InChI=1S/C14H24N2O8/c17-4-11(22)10(21)1-8-2-16-9(3-15-8)13(6-19)24-14(7-20)12(23)5-18/h2-3,10-14,17-23H,1,4-7H2/t10-,11+,12+,13-,14+/m0/s1. The summed E-state index contributed by atoms with van der Waals surface area (Å²) in [5, 5.41) is 64.6. The van der Waals surface area contributed by atoms with Crippen molar-refractivity contribution in [2.45, 2.75) is 36.9 Å². The van der Waals surface area contributed by atoms with Gasteiger partial charge in [-0.3, -0.25) is 9.97 Å².